The predicted octanol–water partition coefficient (Wildman–Crippen LogP) is 4.51. The first-order chi connectivity index (χ1) is 16.7. The van der Waals surface area contributed by atoms with Crippen molar-refractivity contribution in [2.24, 2.45) is 7.05 Å². The van der Waals surface area contributed by atoms with E-state index in [1.54, 1.807) is 27.4 Å². The summed E-state index contributed by atoms with van der Waals surface area (Å²) >= 11 is 1.31. The molecule has 0 amide bonds. The van der Waals surface area contributed by atoms with Gasteiger partial charge in [-0.25, -0.2) is 23.1 Å². The molecule has 0 saturated carbocycles. The van der Waals surface area contributed by atoms with Crippen LogP contribution in [0, 0.1) is 25.5 Å². The van der Waals surface area contributed by atoms with Gasteiger partial charge in [0, 0.05) is 24.2 Å². The van der Waals surface area contributed by atoms with Gasteiger partial charge in [0.25, 0.3) is 5.56 Å². The topological polar surface area (TPSA) is 71.0 Å². The van der Waals surface area contributed by atoms with Gasteiger partial charge in [-0.1, -0.05) is 6.07 Å². The van der Waals surface area contributed by atoms with E-state index in [2.05, 4.69) is 4.98 Å². The molecule has 0 spiro atoms. The van der Waals surface area contributed by atoms with Gasteiger partial charge in [0.1, 0.15) is 10.6 Å². The maximum atomic E-state index is 13.9. The summed E-state index contributed by atoms with van der Waals surface area (Å²) in [4.78, 5) is 32.0. The van der Waals surface area contributed by atoms with Gasteiger partial charge in [-0.15, -0.1) is 11.3 Å². The molecule has 2 aromatic carbocycles. The Kier molecular flexibility index (Phi) is 5.40. The van der Waals surface area contributed by atoms with Crippen molar-refractivity contribution in [3.8, 4) is 27.6 Å². The molecule has 7 nitrogen and oxygen atoms in total. The van der Waals surface area contributed by atoms with Gasteiger partial charge in [0.15, 0.2) is 11.6 Å². The molecule has 5 aromatic rings. The summed E-state index contributed by atoms with van der Waals surface area (Å²) < 4.78 is 37.0. The Labute approximate surface area is 202 Å². The molecule has 5 rings (SSSR count). The van der Waals surface area contributed by atoms with E-state index in [0.29, 0.717) is 21.5 Å². The standard InChI is InChI=1S/C25H20F2N4O3S/c1-13-11-30(12-28-13)19-8-5-15(9-20(19)34-4)22-14(2)21-23(32)31(25(33)29(3)24(21)35-22)16-6-7-17(26)18(27)10-16/h5-12H,1-4H3. The molecule has 0 unspecified atom stereocenters. The van der Waals surface area contributed by atoms with E-state index in [1.165, 1.54) is 22.0 Å². The normalized spacial score (nSPS) is 11.4. The fraction of sp³-hybridized carbons (Fsp3) is 0.160. The van der Waals surface area contributed by atoms with Crippen molar-refractivity contribution in [2.45, 2.75) is 13.8 Å². The number of imidazole rings is 1. The van der Waals surface area contributed by atoms with Crippen LogP contribution in [0.2, 0.25) is 0 Å². The van der Waals surface area contributed by atoms with Crippen LogP contribution in [0.15, 0.2) is 58.5 Å². The minimum atomic E-state index is -1.14. The van der Waals surface area contributed by atoms with E-state index in [-0.39, 0.29) is 5.69 Å². The van der Waals surface area contributed by atoms with E-state index >= 15 is 0 Å². The summed E-state index contributed by atoms with van der Waals surface area (Å²) in [6, 6.07) is 8.62. The molecule has 0 aliphatic heterocycles. The van der Waals surface area contributed by atoms with E-state index in [1.807, 2.05) is 35.9 Å². The predicted molar refractivity (Wildman–Crippen MR) is 131 cm³/mol. The number of methoxy groups -OCH3 is 1. The second kappa shape index (κ2) is 8.31. The summed E-state index contributed by atoms with van der Waals surface area (Å²) in [5.74, 6) is -1.58. The van der Waals surface area contributed by atoms with E-state index < -0.39 is 22.9 Å². The third-order valence-corrected chi connectivity index (χ3v) is 7.34. The zero-order chi connectivity index (χ0) is 25.0. The highest BCUT2D eigenvalue weighted by Crippen LogP contribution is 2.39. The van der Waals surface area contributed by atoms with Crippen LogP contribution >= 0.6 is 11.3 Å². The van der Waals surface area contributed by atoms with Crippen molar-refractivity contribution in [2.75, 3.05) is 7.11 Å². The fourth-order valence-electron chi connectivity index (χ4n) is 4.13. The number of ether oxygens (including phenoxy) is 1. The van der Waals surface area contributed by atoms with Crippen molar-refractivity contribution in [3.63, 3.8) is 0 Å². The number of halogens is 2. The Morgan fingerprint density at radius 3 is 2.46 bits per heavy atom. The van der Waals surface area contributed by atoms with Crippen LogP contribution in [0.4, 0.5) is 8.78 Å². The van der Waals surface area contributed by atoms with Gasteiger partial charge in [0.05, 0.1) is 35.9 Å². The second-order valence-corrected chi connectivity index (χ2v) is 9.12. The van der Waals surface area contributed by atoms with Gasteiger partial charge < -0.3 is 9.30 Å². The Morgan fingerprint density at radius 2 is 1.80 bits per heavy atom. The molecule has 3 heterocycles. The Hall–Kier alpha value is -4.05. The third kappa shape index (κ3) is 3.57. The van der Waals surface area contributed by atoms with Crippen LogP contribution in [0.1, 0.15) is 11.3 Å². The molecule has 35 heavy (non-hydrogen) atoms. The largest absolute Gasteiger partial charge is 0.495 e. The number of hydrogen-bond acceptors (Lipinski definition) is 5. The van der Waals surface area contributed by atoms with E-state index in [9.17, 15) is 18.4 Å². The lowest BCUT2D eigenvalue weighted by Gasteiger charge is -2.11. The molecule has 0 bridgehead atoms. The lowest BCUT2D eigenvalue weighted by Crippen LogP contribution is -2.37. The molecule has 0 fully saturated rings. The molecule has 0 saturated heterocycles. The summed E-state index contributed by atoms with van der Waals surface area (Å²) in [5.41, 5.74) is 1.89. The van der Waals surface area contributed by atoms with Gasteiger partial charge in [-0.3, -0.25) is 9.36 Å². The zero-order valence-corrected chi connectivity index (χ0v) is 20.1. The highest BCUT2D eigenvalue weighted by atomic mass is 32.1. The maximum absolute atomic E-state index is 13.9. The van der Waals surface area contributed by atoms with Crippen molar-refractivity contribution in [1.82, 2.24) is 18.7 Å². The van der Waals surface area contributed by atoms with E-state index in [4.69, 9.17) is 4.74 Å². The first-order valence-corrected chi connectivity index (χ1v) is 11.4. The van der Waals surface area contributed by atoms with Crippen molar-refractivity contribution in [3.05, 3.63) is 92.7 Å². The van der Waals surface area contributed by atoms with Crippen LogP contribution in [-0.2, 0) is 7.05 Å². The second-order valence-electron chi connectivity index (χ2n) is 8.13. The lowest BCUT2D eigenvalue weighted by molar-refractivity contribution is 0.413. The van der Waals surface area contributed by atoms with Gasteiger partial charge in [-0.2, -0.15) is 0 Å². The number of benzene rings is 2. The van der Waals surface area contributed by atoms with Crippen LogP contribution < -0.4 is 16.0 Å². The molecule has 0 N–H and O–H groups in total. The summed E-state index contributed by atoms with van der Waals surface area (Å²) in [6.45, 7) is 3.70. The minimum absolute atomic E-state index is 0.0369. The number of nitrogens with zero attached hydrogens (tertiary/aromatic N) is 4. The highest BCUT2D eigenvalue weighted by molar-refractivity contribution is 7.22. The quantitative estimate of drug-likeness (QED) is 0.369. The Balaban J connectivity index is 1.72. The average Bonchev–Trinajstić information content (AvgIpc) is 3.43. The number of thiophene rings is 1. The zero-order valence-electron chi connectivity index (χ0n) is 19.3. The first-order valence-electron chi connectivity index (χ1n) is 10.6. The van der Waals surface area contributed by atoms with Gasteiger partial charge in [-0.05, 0) is 49.2 Å². The molecule has 0 aliphatic carbocycles. The maximum Gasteiger partial charge on any atom is 0.336 e. The summed E-state index contributed by atoms with van der Waals surface area (Å²) in [7, 11) is 3.12. The first kappa shape index (κ1) is 22.7. The minimum Gasteiger partial charge on any atom is -0.495 e. The van der Waals surface area contributed by atoms with Crippen molar-refractivity contribution >= 4 is 21.6 Å². The van der Waals surface area contributed by atoms with Crippen LogP contribution in [-0.4, -0.2) is 25.8 Å². The Bertz CT molecular complexity index is 1750. The number of aryl methyl sites for hydroxylation is 3. The molecule has 0 atom stereocenters. The van der Waals surface area contributed by atoms with Crippen LogP contribution in [0.5, 0.6) is 5.75 Å². The summed E-state index contributed by atoms with van der Waals surface area (Å²) in [5, 5.41) is 0.338. The molecule has 3 aromatic heterocycles. The smallest absolute Gasteiger partial charge is 0.336 e. The molecule has 178 valence electrons. The van der Waals surface area contributed by atoms with Gasteiger partial charge in [0.2, 0.25) is 0 Å². The molecule has 0 radical (unpaired) electrons. The molecule has 10 heteroatoms. The van der Waals surface area contributed by atoms with Gasteiger partial charge >= 0.3 is 5.69 Å². The number of fused-ring (bicyclic) bond motifs is 1. The van der Waals surface area contributed by atoms with E-state index in [0.717, 1.165) is 38.5 Å². The summed E-state index contributed by atoms with van der Waals surface area (Å²) in [6.07, 6.45) is 3.59. The van der Waals surface area contributed by atoms with Crippen molar-refractivity contribution in [1.29, 1.82) is 0 Å². The highest BCUT2D eigenvalue weighted by Gasteiger charge is 2.21. The Morgan fingerprint density at radius 1 is 1.03 bits per heavy atom. The number of rotatable bonds is 4. The molecular formula is C25H20F2N4O3S. The lowest BCUT2D eigenvalue weighted by atomic mass is 10.1. The fourth-order valence-corrected chi connectivity index (χ4v) is 5.38. The molecular weight excluding hydrogens is 474 g/mol. The number of hydrogen-bond donors (Lipinski definition) is 0. The number of aromatic nitrogens is 4. The van der Waals surface area contributed by atoms with Crippen LogP contribution in [0.3, 0.4) is 0 Å². The average molecular weight is 495 g/mol. The SMILES string of the molecule is COc1cc(-c2sc3c(c2C)c(=O)n(-c2ccc(F)c(F)c2)c(=O)n3C)ccc1-n1cnc(C)c1. The van der Waals surface area contributed by atoms with Crippen molar-refractivity contribution < 1.29 is 13.5 Å². The molecule has 0 aliphatic rings. The third-order valence-electron chi connectivity index (χ3n) is 5.92. The van der Waals surface area contributed by atoms with Crippen LogP contribution in [0.25, 0.3) is 32.0 Å². The monoisotopic (exact) mass is 494 g/mol.